The van der Waals surface area contributed by atoms with Gasteiger partial charge in [0.25, 0.3) is 0 Å². The van der Waals surface area contributed by atoms with E-state index in [0.29, 0.717) is 38.0 Å². The van der Waals surface area contributed by atoms with Crippen molar-refractivity contribution in [2.24, 2.45) is 0 Å². The number of carbonyl (C=O) groups is 1. The summed E-state index contributed by atoms with van der Waals surface area (Å²) in [6, 6.07) is 0. The van der Waals surface area contributed by atoms with Crippen LogP contribution in [0.3, 0.4) is 0 Å². The van der Waals surface area contributed by atoms with E-state index in [4.69, 9.17) is 14.0 Å². The zero-order valence-electron chi connectivity index (χ0n) is 11.6. The van der Waals surface area contributed by atoms with E-state index in [1.165, 1.54) is 0 Å². The van der Waals surface area contributed by atoms with Crippen LogP contribution in [0.5, 0.6) is 0 Å². The number of ketones is 1. The summed E-state index contributed by atoms with van der Waals surface area (Å²) in [6.07, 6.45) is 0.229. The molecule has 0 saturated carbocycles. The molecule has 1 aromatic rings. The van der Waals surface area contributed by atoms with Gasteiger partial charge in [0, 0.05) is 19.5 Å². The molecule has 0 radical (unpaired) electrons. The monoisotopic (exact) mass is 281 g/mol. The van der Waals surface area contributed by atoms with Crippen molar-refractivity contribution >= 4 is 5.78 Å². The maximum atomic E-state index is 11.8. The Morgan fingerprint density at radius 3 is 3.10 bits per heavy atom. The smallest absolute Gasteiger partial charge is 0.239 e. The molecule has 0 aliphatic carbocycles. The Kier molecular flexibility index (Phi) is 4.09. The van der Waals surface area contributed by atoms with Crippen LogP contribution >= 0.6 is 0 Å². The van der Waals surface area contributed by atoms with Gasteiger partial charge in [0.15, 0.2) is 0 Å². The van der Waals surface area contributed by atoms with Crippen molar-refractivity contribution in [2.45, 2.75) is 25.4 Å². The van der Waals surface area contributed by atoms with Crippen molar-refractivity contribution in [2.75, 3.05) is 39.5 Å². The highest BCUT2D eigenvalue weighted by Crippen LogP contribution is 2.24. The Morgan fingerprint density at radius 1 is 1.40 bits per heavy atom. The van der Waals surface area contributed by atoms with Gasteiger partial charge in [-0.3, -0.25) is 9.69 Å². The number of likely N-dealkylation sites (N-methyl/N-ethyl adjacent to an activating group) is 1. The zero-order valence-corrected chi connectivity index (χ0v) is 11.6. The van der Waals surface area contributed by atoms with E-state index in [9.17, 15) is 4.79 Å². The van der Waals surface area contributed by atoms with Crippen LogP contribution in [0.1, 0.15) is 37.1 Å². The van der Waals surface area contributed by atoms with Crippen LogP contribution in [0.15, 0.2) is 4.52 Å². The molecule has 2 atom stereocenters. The molecule has 7 nitrogen and oxygen atoms in total. The quantitative estimate of drug-likeness (QED) is 0.800. The van der Waals surface area contributed by atoms with E-state index >= 15 is 0 Å². The van der Waals surface area contributed by atoms with E-state index < -0.39 is 5.92 Å². The first-order valence-corrected chi connectivity index (χ1v) is 7.06. The molecule has 3 rings (SSSR count). The number of carbonyl (C=O) groups excluding carboxylic acids is 1. The van der Waals surface area contributed by atoms with E-state index in [-0.39, 0.29) is 11.9 Å². The first-order valence-electron chi connectivity index (χ1n) is 7.06. The molecule has 0 bridgehead atoms. The van der Waals surface area contributed by atoms with Crippen molar-refractivity contribution in [3.63, 3.8) is 0 Å². The highest BCUT2D eigenvalue weighted by atomic mass is 16.5. The normalized spacial score (nSPS) is 28.8. The highest BCUT2D eigenvalue weighted by Gasteiger charge is 2.32. The first-order chi connectivity index (χ1) is 9.78. The van der Waals surface area contributed by atoms with Crippen LogP contribution in [0.25, 0.3) is 0 Å². The van der Waals surface area contributed by atoms with Crippen LogP contribution in [-0.2, 0) is 14.3 Å². The number of ether oxygens (including phenoxy) is 2. The third-order valence-corrected chi connectivity index (χ3v) is 3.81. The van der Waals surface area contributed by atoms with Crippen molar-refractivity contribution in [1.82, 2.24) is 15.0 Å². The third kappa shape index (κ3) is 2.74. The number of Topliss-reactive ketones (excluding diaryl/α,β-unsaturated/α-hetero) is 1. The van der Waals surface area contributed by atoms with E-state index in [1.807, 2.05) is 0 Å². The predicted molar refractivity (Wildman–Crippen MR) is 68.3 cm³/mol. The van der Waals surface area contributed by atoms with Gasteiger partial charge in [0.2, 0.25) is 11.7 Å². The number of nitrogens with zero attached hydrogens (tertiary/aromatic N) is 3. The van der Waals surface area contributed by atoms with Crippen LogP contribution in [0.2, 0.25) is 0 Å². The van der Waals surface area contributed by atoms with E-state index in [0.717, 1.165) is 19.6 Å². The Labute approximate surface area is 117 Å². The number of aromatic nitrogens is 2. The Bertz CT molecular complexity index is 476. The lowest BCUT2D eigenvalue weighted by Gasteiger charge is -2.30. The van der Waals surface area contributed by atoms with Crippen LogP contribution in [-0.4, -0.2) is 60.3 Å². The lowest BCUT2D eigenvalue weighted by molar-refractivity contribution is -0.127. The van der Waals surface area contributed by atoms with Crippen molar-refractivity contribution in [3.05, 3.63) is 11.7 Å². The summed E-state index contributed by atoms with van der Waals surface area (Å²) in [6.45, 7) is 6.23. The Hall–Kier alpha value is -1.31. The Morgan fingerprint density at radius 2 is 2.30 bits per heavy atom. The molecular weight excluding hydrogens is 262 g/mol. The second-order valence-corrected chi connectivity index (χ2v) is 5.09. The second kappa shape index (κ2) is 5.99. The Balaban J connectivity index is 1.71. The van der Waals surface area contributed by atoms with Crippen LogP contribution in [0.4, 0.5) is 0 Å². The van der Waals surface area contributed by atoms with Crippen molar-refractivity contribution in [3.8, 4) is 0 Å². The van der Waals surface area contributed by atoms with Crippen molar-refractivity contribution < 1.29 is 18.8 Å². The molecule has 2 unspecified atom stereocenters. The van der Waals surface area contributed by atoms with Gasteiger partial charge in [-0.25, -0.2) is 0 Å². The maximum absolute atomic E-state index is 11.8. The second-order valence-electron chi connectivity index (χ2n) is 5.09. The number of rotatable bonds is 3. The molecule has 3 heterocycles. The molecule has 2 aliphatic rings. The topological polar surface area (TPSA) is 77.7 Å². The van der Waals surface area contributed by atoms with Gasteiger partial charge in [-0.1, -0.05) is 12.1 Å². The largest absolute Gasteiger partial charge is 0.380 e. The average Bonchev–Trinajstić information content (AvgIpc) is 2.97. The summed E-state index contributed by atoms with van der Waals surface area (Å²) in [5, 5.41) is 3.97. The summed E-state index contributed by atoms with van der Waals surface area (Å²) < 4.78 is 16.2. The van der Waals surface area contributed by atoms with Gasteiger partial charge in [-0.05, 0) is 6.54 Å². The van der Waals surface area contributed by atoms with Crippen molar-refractivity contribution in [1.29, 1.82) is 0 Å². The van der Waals surface area contributed by atoms with E-state index in [2.05, 4.69) is 22.0 Å². The summed E-state index contributed by atoms with van der Waals surface area (Å²) in [7, 11) is 0. The molecule has 110 valence electrons. The molecule has 1 aromatic heterocycles. The van der Waals surface area contributed by atoms with Gasteiger partial charge in [0.1, 0.15) is 17.8 Å². The summed E-state index contributed by atoms with van der Waals surface area (Å²) >= 11 is 0. The maximum Gasteiger partial charge on any atom is 0.239 e. The standard InChI is InChI=1S/C13H19N3O4/c1-2-16-4-6-19-11(7-16)12-14-13(20-15-12)9-8-18-5-3-10(9)17/h9,11H,2-8H2,1H3. The molecule has 2 saturated heterocycles. The van der Waals surface area contributed by atoms with Gasteiger partial charge in [-0.15, -0.1) is 0 Å². The fourth-order valence-corrected chi connectivity index (χ4v) is 2.52. The summed E-state index contributed by atoms with van der Waals surface area (Å²) in [5.74, 6) is 0.556. The lowest BCUT2D eigenvalue weighted by Crippen LogP contribution is -2.38. The molecule has 0 N–H and O–H groups in total. The molecule has 0 amide bonds. The molecule has 20 heavy (non-hydrogen) atoms. The van der Waals surface area contributed by atoms with Gasteiger partial charge >= 0.3 is 0 Å². The molecule has 0 aromatic carbocycles. The highest BCUT2D eigenvalue weighted by molar-refractivity contribution is 5.85. The number of hydrogen-bond acceptors (Lipinski definition) is 7. The van der Waals surface area contributed by atoms with Gasteiger partial charge in [0.05, 0.1) is 19.8 Å². The average molecular weight is 281 g/mol. The summed E-state index contributed by atoms with van der Waals surface area (Å²) in [4.78, 5) is 18.5. The fourth-order valence-electron chi connectivity index (χ4n) is 2.52. The molecule has 0 spiro atoms. The minimum atomic E-state index is -0.420. The SMILES string of the molecule is CCN1CCOC(c2noc(C3COCCC3=O)n2)C1. The fraction of sp³-hybridized carbons (Fsp3) is 0.769. The molecule has 2 fully saturated rings. The zero-order chi connectivity index (χ0) is 13.9. The van der Waals surface area contributed by atoms with Gasteiger partial charge in [-0.2, -0.15) is 4.98 Å². The molecular formula is C13H19N3O4. The minimum Gasteiger partial charge on any atom is -0.380 e. The number of hydrogen-bond donors (Lipinski definition) is 0. The van der Waals surface area contributed by atoms with Crippen LogP contribution < -0.4 is 0 Å². The molecule has 2 aliphatic heterocycles. The van der Waals surface area contributed by atoms with E-state index in [1.54, 1.807) is 0 Å². The lowest BCUT2D eigenvalue weighted by atomic mass is 10.0. The molecule has 7 heteroatoms. The van der Waals surface area contributed by atoms with Crippen LogP contribution in [0, 0.1) is 0 Å². The predicted octanol–water partition coefficient (Wildman–Crippen LogP) is 0.536. The van der Waals surface area contributed by atoms with Gasteiger partial charge < -0.3 is 14.0 Å². The first kappa shape index (κ1) is 13.7. The third-order valence-electron chi connectivity index (χ3n) is 3.81. The minimum absolute atomic E-state index is 0.103. The summed E-state index contributed by atoms with van der Waals surface area (Å²) in [5.41, 5.74) is 0. The number of morpholine rings is 1.